The molecule has 6 nitrogen and oxygen atoms in total. The minimum absolute atomic E-state index is 0.0661. The molecule has 0 spiro atoms. The molecule has 0 fully saturated rings. The van der Waals surface area contributed by atoms with E-state index < -0.39 is 0 Å². The highest BCUT2D eigenvalue weighted by Gasteiger charge is 2.10. The predicted molar refractivity (Wildman–Crippen MR) is 113 cm³/mol. The van der Waals surface area contributed by atoms with Crippen LogP contribution in [0.15, 0.2) is 48.5 Å². The van der Waals surface area contributed by atoms with E-state index in [1.807, 2.05) is 20.8 Å². The summed E-state index contributed by atoms with van der Waals surface area (Å²) in [4.78, 5) is 24.1. The van der Waals surface area contributed by atoms with Gasteiger partial charge in [0.15, 0.2) is 5.11 Å². The summed E-state index contributed by atoms with van der Waals surface area (Å²) in [5.74, 6) is 0.00679. The molecular formula is C21H24N2O4S. The summed E-state index contributed by atoms with van der Waals surface area (Å²) < 4.78 is 10.6. The van der Waals surface area contributed by atoms with Crippen LogP contribution in [0.2, 0.25) is 0 Å². The molecule has 0 heterocycles. The Morgan fingerprint density at radius 2 is 1.61 bits per heavy atom. The highest BCUT2D eigenvalue weighted by Crippen LogP contribution is 2.14. The van der Waals surface area contributed by atoms with Crippen molar-refractivity contribution in [2.45, 2.75) is 33.3 Å². The number of ether oxygens (including phenoxy) is 2. The molecule has 148 valence electrons. The summed E-state index contributed by atoms with van der Waals surface area (Å²) in [7, 11) is 0. The van der Waals surface area contributed by atoms with Crippen LogP contribution in [-0.2, 0) is 4.74 Å². The number of anilines is 1. The molecule has 0 saturated carbocycles. The normalized spacial score (nSPS) is 10.3. The molecule has 2 N–H and O–H groups in total. The van der Waals surface area contributed by atoms with E-state index in [9.17, 15) is 9.59 Å². The largest absolute Gasteiger partial charge is 0.491 e. The first-order chi connectivity index (χ1) is 13.4. The third-order valence-corrected chi connectivity index (χ3v) is 3.74. The molecular weight excluding hydrogens is 376 g/mol. The Morgan fingerprint density at radius 3 is 2.18 bits per heavy atom. The number of thiocarbonyl (C=S) groups is 1. The third kappa shape index (κ3) is 6.66. The van der Waals surface area contributed by atoms with Gasteiger partial charge >= 0.3 is 5.97 Å². The molecule has 0 aliphatic heterocycles. The summed E-state index contributed by atoms with van der Waals surface area (Å²) in [6.45, 7) is 6.19. The van der Waals surface area contributed by atoms with E-state index in [0.29, 0.717) is 29.2 Å². The lowest BCUT2D eigenvalue weighted by Gasteiger charge is -2.12. The first-order valence-corrected chi connectivity index (χ1v) is 9.46. The summed E-state index contributed by atoms with van der Waals surface area (Å²) in [6.07, 6.45) is 0.837. The van der Waals surface area contributed by atoms with E-state index in [4.69, 9.17) is 21.7 Å². The van der Waals surface area contributed by atoms with Crippen molar-refractivity contribution in [3.63, 3.8) is 0 Å². The molecule has 28 heavy (non-hydrogen) atoms. The number of rotatable bonds is 7. The van der Waals surface area contributed by atoms with Gasteiger partial charge in [0.25, 0.3) is 5.91 Å². The highest BCUT2D eigenvalue weighted by molar-refractivity contribution is 7.80. The van der Waals surface area contributed by atoms with Crippen LogP contribution in [0.1, 0.15) is 47.9 Å². The van der Waals surface area contributed by atoms with Crippen molar-refractivity contribution in [2.75, 3.05) is 11.9 Å². The van der Waals surface area contributed by atoms with Crippen molar-refractivity contribution >= 4 is 34.9 Å². The summed E-state index contributed by atoms with van der Waals surface area (Å²) >= 11 is 5.18. The van der Waals surface area contributed by atoms with Gasteiger partial charge in [0, 0.05) is 11.3 Å². The van der Waals surface area contributed by atoms with Gasteiger partial charge in [0.1, 0.15) is 5.75 Å². The van der Waals surface area contributed by atoms with Gasteiger partial charge in [0.05, 0.1) is 18.3 Å². The second-order valence-corrected chi connectivity index (χ2v) is 6.72. The monoisotopic (exact) mass is 400 g/mol. The zero-order chi connectivity index (χ0) is 20.5. The molecule has 0 radical (unpaired) electrons. The molecule has 0 aromatic heterocycles. The molecule has 0 unspecified atom stereocenters. The standard InChI is InChI=1S/C21H24N2O4S/c1-4-13-26-20(25)16-5-9-17(10-6-16)22-21(28)23-19(24)15-7-11-18(12-8-15)27-14(2)3/h5-12,14H,4,13H2,1-3H3,(H2,22,23,24,28). The zero-order valence-corrected chi connectivity index (χ0v) is 17.0. The van der Waals surface area contributed by atoms with E-state index in [2.05, 4.69) is 10.6 Å². The van der Waals surface area contributed by atoms with Gasteiger partial charge in [-0.05, 0) is 81.0 Å². The lowest BCUT2D eigenvalue weighted by atomic mass is 10.2. The Bertz CT molecular complexity index is 817. The van der Waals surface area contributed by atoms with Crippen molar-refractivity contribution < 1.29 is 19.1 Å². The molecule has 2 rings (SSSR count). The molecule has 0 bridgehead atoms. The number of hydrogen-bond acceptors (Lipinski definition) is 5. The molecule has 2 aromatic rings. The number of amides is 1. The fourth-order valence-electron chi connectivity index (χ4n) is 2.26. The Morgan fingerprint density at radius 1 is 1.00 bits per heavy atom. The second-order valence-electron chi connectivity index (χ2n) is 6.31. The quantitative estimate of drug-likeness (QED) is 0.537. The molecule has 7 heteroatoms. The fraction of sp³-hybridized carbons (Fsp3) is 0.286. The molecule has 0 aliphatic rings. The number of nitrogens with one attached hydrogen (secondary N) is 2. The Labute approximate surface area is 170 Å². The van der Waals surface area contributed by atoms with E-state index >= 15 is 0 Å². The van der Waals surface area contributed by atoms with E-state index in [1.165, 1.54) is 0 Å². The van der Waals surface area contributed by atoms with Gasteiger partial charge in [-0.3, -0.25) is 10.1 Å². The molecule has 0 saturated heterocycles. The van der Waals surface area contributed by atoms with Crippen LogP contribution in [0.4, 0.5) is 5.69 Å². The maximum atomic E-state index is 12.3. The summed E-state index contributed by atoms with van der Waals surface area (Å²) in [5.41, 5.74) is 1.57. The number of hydrogen-bond donors (Lipinski definition) is 2. The Hall–Kier alpha value is -2.93. The van der Waals surface area contributed by atoms with Gasteiger partial charge in [-0.15, -0.1) is 0 Å². The Kier molecular flexibility index (Phi) is 7.95. The lowest BCUT2D eigenvalue weighted by Crippen LogP contribution is -2.34. The SMILES string of the molecule is CCCOC(=O)c1ccc(NC(=S)NC(=O)c2ccc(OC(C)C)cc2)cc1. The minimum Gasteiger partial charge on any atom is -0.491 e. The van der Waals surface area contributed by atoms with Gasteiger partial charge in [-0.25, -0.2) is 4.79 Å². The predicted octanol–water partition coefficient (Wildman–Crippen LogP) is 4.17. The minimum atomic E-state index is -0.367. The van der Waals surface area contributed by atoms with Crippen LogP contribution in [-0.4, -0.2) is 29.7 Å². The van der Waals surface area contributed by atoms with Crippen molar-refractivity contribution in [3.8, 4) is 5.75 Å². The Balaban J connectivity index is 1.89. The van der Waals surface area contributed by atoms with Crippen LogP contribution in [0.25, 0.3) is 0 Å². The smallest absolute Gasteiger partial charge is 0.338 e. The van der Waals surface area contributed by atoms with Gasteiger partial charge in [-0.2, -0.15) is 0 Å². The van der Waals surface area contributed by atoms with Crippen molar-refractivity contribution in [1.82, 2.24) is 5.32 Å². The number of esters is 1. The number of benzene rings is 2. The van der Waals surface area contributed by atoms with Crippen molar-refractivity contribution in [3.05, 3.63) is 59.7 Å². The first kappa shape index (κ1) is 21.4. The number of carbonyl (C=O) groups is 2. The molecule has 0 aliphatic carbocycles. The van der Waals surface area contributed by atoms with Gasteiger partial charge in [-0.1, -0.05) is 6.92 Å². The average Bonchev–Trinajstić information content (AvgIpc) is 2.66. The van der Waals surface area contributed by atoms with Gasteiger partial charge < -0.3 is 14.8 Å². The highest BCUT2D eigenvalue weighted by atomic mass is 32.1. The van der Waals surface area contributed by atoms with Crippen LogP contribution < -0.4 is 15.4 Å². The summed E-state index contributed by atoms with van der Waals surface area (Å²) in [5, 5.41) is 5.69. The van der Waals surface area contributed by atoms with Crippen molar-refractivity contribution in [1.29, 1.82) is 0 Å². The van der Waals surface area contributed by atoms with Crippen LogP contribution in [0.3, 0.4) is 0 Å². The number of carbonyl (C=O) groups excluding carboxylic acids is 2. The topological polar surface area (TPSA) is 76.7 Å². The van der Waals surface area contributed by atoms with Crippen LogP contribution >= 0.6 is 12.2 Å². The third-order valence-electron chi connectivity index (χ3n) is 3.53. The maximum Gasteiger partial charge on any atom is 0.338 e. The van der Waals surface area contributed by atoms with Crippen LogP contribution in [0.5, 0.6) is 5.75 Å². The van der Waals surface area contributed by atoms with Crippen molar-refractivity contribution in [2.24, 2.45) is 0 Å². The first-order valence-electron chi connectivity index (χ1n) is 9.05. The maximum absolute atomic E-state index is 12.3. The second kappa shape index (κ2) is 10.4. The average molecular weight is 401 g/mol. The molecule has 2 aromatic carbocycles. The van der Waals surface area contributed by atoms with E-state index in [1.54, 1.807) is 48.5 Å². The van der Waals surface area contributed by atoms with Crippen LogP contribution in [0, 0.1) is 0 Å². The molecule has 0 atom stereocenters. The lowest BCUT2D eigenvalue weighted by molar-refractivity contribution is 0.0505. The summed E-state index contributed by atoms with van der Waals surface area (Å²) in [6, 6.07) is 13.5. The molecule has 1 amide bonds. The van der Waals surface area contributed by atoms with E-state index in [0.717, 1.165) is 6.42 Å². The van der Waals surface area contributed by atoms with E-state index in [-0.39, 0.29) is 23.1 Å². The van der Waals surface area contributed by atoms with Gasteiger partial charge in [0.2, 0.25) is 0 Å². The fourth-order valence-corrected chi connectivity index (χ4v) is 2.47. The zero-order valence-electron chi connectivity index (χ0n) is 16.2.